The number of piperazine rings is 1. The summed E-state index contributed by atoms with van der Waals surface area (Å²) in [4.78, 5) is 21.9. The number of hydrogen-bond donors (Lipinski definition) is 0. The lowest BCUT2D eigenvalue weighted by Gasteiger charge is -2.39. The quantitative estimate of drug-likeness (QED) is 0.704. The molecular weight excluding hydrogens is 338 g/mol. The first kappa shape index (κ1) is 20.6. The lowest BCUT2D eigenvalue weighted by atomic mass is 9.96. The van der Waals surface area contributed by atoms with Gasteiger partial charge in [-0.2, -0.15) is 5.26 Å². The first-order chi connectivity index (χ1) is 13.1. The summed E-state index contributed by atoms with van der Waals surface area (Å²) in [6.07, 6.45) is 5.20. The van der Waals surface area contributed by atoms with Crippen LogP contribution in [-0.4, -0.2) is 97.0 Å². The Morgan fingerprint density at radius 1 is 0.963 bits per heavy atom. The maximum absolute atomic E-state index is 12.7. The molecule has 0 aromatic rings. The van der Waals surface area contributed by atoms with Crippen LogP contribution in [0, 0.1) is 23.2 Å². The molecule has 3 rings (SSSR count). The summed E-state index contributed by atoms with van der Waals surface area (Å²) in [5, 5.41) is 9.37. The summed E-state index contributed by atoms with van der Waals surface area (Å²) in [6, 6.07) is 2.39. The molecule has 0 radical (unpaired) electrons. The number of rotatable bonds is 6. The third-order valence-corrected chi connectivity index (χ3v) is 6.61. The van der Waals surface area contributed by atoms with Crippen molar-refractivity contribution < 1.29 is 4.79 Å². The number of carbonyl (C=O) groups excluding carboxylic acids is 1. The van der Waals surface area contributed by atoms with Crippen molar-refractivity contribution in [2.45, 2.75) is 45.6 Å². The molecule has 152 valence electrons. The Bertz CT molecular complexity index is 509. The van der Waals surface area contributed by atoms with Gasteiger partial charge in [-0.15, -0.1) is 0 Å². The molecule has 0 aromatic carbocycles. The highest BCUT2D eigenvalue weighted by Gasteiger charge is 2.29. The summed E-state index contributed by atoms with van der Waals surface area (Å²) < 4.78 is 0. The van der Waals surface area contributed by atoms with E-state index in [-0.39, 0.29) is 11.9 Å². The van der Waals surface area contributed by atoms with Crippen molar-refractivity contribution in [3.05, 3.63) is 0 Å². The Hall–Kier alpha value is -1.16. The number of amides is 1. The largest absolute Gasteiger partial charge is 0.339 e. The molecule has 0 spiro atoms. The first-order valence-corrected chi connectivity index (χ1v) is 10.9. The SMILES string of the molecule is CC(C)C(C#N)N1CCN(C(=O)CN2CCC(CN3CCCC3)CC2)CC1. The fourth-order valence-corrected chi connectivity index (χ4v) is 4.85. The highest BCUT2D eigenvalue weighted by Crippen LogP contribution is 2.21. The zero-order chi connectivity index (χ0) is 19.2. The van der Waals surface area contributed by atoms with Gasteiger partial charge in [0.2, 0.25) is 5.91 Å². The van der Waals surface area contributed by atoms with E-state index in [2.05, 4.69) is 34.6 Å². The first-order valence-electron chi connectivity index (χ1n) is 10.9. The molecule has 0 bridgehead atoms. The third-order valence-electron chi connectivity index (χ3n) is 6.61. The van der Waals surface area contributed by atoms with Crippen LogP contribution in [-0.2, 0) is 4.79 Å². The van der Waals surface area contributed by atoms with Crippen molar-refractivity contribution >= 4 is 5.91 Å². The number of piperidine rings is 1. The molecule has 0 aliphatic carbocycles. The lowest BCUT2D eigenvalue weighted by molar-refractivity contribution is -0.134. The van der Waals surface area contributed by atoms with E-state index < -0.39 is 0 Å². The maximum atomic E-state index is 12.7. The molecule has 1 unspecified atom stereocenters. The van der Waals surface area contributed by atoms with Gasteiger partial charge in [0, 0.05) is 32.7 Å². The van der Waals surface area contributed by atoms with Crippen LogP contribution in [0.4, 0.5) is 0 Å². The van der Waals surface area contributed by atoms with Crippen LogP contribution in [0.15, 0.2) is 0 Å². The Kier molecular flexibility index (Phi) is 7.51. The molecule has 3 aliphatic rings. The van der Waals surface area contributed by atoms with Crippen LogP contribution < -0.4 is 0 Å². The smallest absolute Gasteiger partial charge is 0.236 e. The van der Waals surface area contributed by atoms with Crippen molar-refractivity contribution in [1.29, 1.82) is 5.26 Å². The minimum Gasteiger partial charge on any atom is -0.339 e. The van der Waals surface area contributed by atoms with Crippen molar-refractivity contribution in [2.75, 3.05) is 65.4 Å². The van der Waals surface area contributed by atoms with Gasteiger partial charge in [-0.1, -0.05) is 13.8 Å². The van der Waals surface area contributed by atoms with Gasteiger partial charge in [0.25, 0.3) is 0 Å². The van der Waals surface area contributed by atoms with Gasteiger partial charge in [-0.3, -0.25) is 14.6 Å². The molecule has 1 atom stereocenters. The van der Waals surface area contributed by atoms with Gasteiger partial charge in [0.1, 0.15) is 6.04 Å². The lowest BCUT2D eigenvalue weighted by Crippen LogP contribution is -2.54. The zero-order valence-electron chi connectivity index (χ0n) is 17.3. The topological polar surface area (TPSA) is 53.8 Å². The predicted molar refractivity (Wildman–Crippen MR) is 107 cm³/mol. The van der Waals surface area contributed by atoms with Crippen LogP contribution in [0.2, 0.25) is 0 Å². The van der Waals surface area contributed by atoms with Gasteiger partial charge in [-0.05, 0) is 63.7 Å². The second-order valence-electron chi connectivity index (χ2n) is 8.96. The summed E-state index contributed by atoms with van der Waals surface area (Å²) in [5.41, 5.74) is 0. The van der Waals surface area contributed by atoms with Gasteiger partial charge >= 0.3 is 0 Å². The van der Waals surface area contributed by atoms with Gasteiger partial charge in [0.05, 0.1) is 12.6 Å². The third kappa shape index (κ3) is 5.66. The minimum atomic E-state index is -0.0307. The normalized spacial score (nSPS) is 25.0. The van der Waals surface area contributed by atoms with E-state index in [0.717, 1.165) is 45.2 Å². The van der Waals surface area contributed by atoms with E-state index in [1.54, 1.807) is 0 Å². The van der Waals surface area contributed by atoms with E-state index in [0.29, 0.717) is 12.5 Å². The highest BCUT2D eigenvalue weighted by atomic mass is 16.2. The van der Waals surface area contributed by atoms with E-state index >= 15 is 0 Å². The standard InChI is InChI=1S/C21H37N5O/c1-18(2)20(15-22)25-11-13-26(14-12-25)21(27)17-24-9-5-19(6-10-24)16-23-7-3-4-8-23/h18-20H,3-14,16-17H2,1-2H3. The van der Waals surface area contributed by atoms with Crippen LogP contribution in [0.25, 0.3) is 0 Å². The van der Waals surface area contributed by atoms with Crippen molar-refractivity contribution in [1.82, 2.24) is 19.6 Å². The summed E-state index contributed by atoms with van der Waals surface area (Å²) in [5.74, 6) is 1.42. The number of carbonyl (C=O) groups is 1. The molecule has 0 aromatic heterocycles. The number of hydrogen-bond acceptors (Lipinski definition) is 5. The molecule has 3 saturated heterocycles. The van der Waals surface area contributed by atoms with E-state index in [4.69, 9.17) is 0 Å². The summed E-state index contributed by atoms with van der Waals surface area (Å²) >= 11 is 0. The Balaban J connectivity index is 1.36. The van der Waals surface area contributed by atoms with Crippen LogP contribution in [0.5, 0.6) is 0 Å². The molecule has 3 fully saturated rings. The van der Waals surface area contributed by atoms with Crippen LogP contribution >= 0.6 is 0 Å². The molecule has 0 saturated carbocycles. The monoisotopic (exact) mass is 375 g/mol. The number of nitrogens with zero attached hydrogens (tertiary/aromatic N) is 5. The van der Waals surface area contributed by atoms with Gasteiger partial charge < -0.3 is 9.80 Å². The Morgan fingerprint density at radius 3 is 2.15 bits per heavy atom. The number of nitriles is 1. The molecule has 6 nitrogen and oxygen atoms in total. The molecule has 27 heavy (non-hydrogen) atoms. The molecule has 3 aliphatic heterocycles. The maximum Gasteiger partial charge on any atom is 0.236 e. The Labute approximate surface area is 165 Å². The van der Waals surface area contributed by atoms with Crippen molar-refractivity contribution in [3.63, 3.8) is 0 Å². The van der Waals surface area contributed by atoms with Crippen molar-refractivity contribution in [2.24, 2.45) is 11.8 Å². The fraction of sp³-hybridized carbons (Fsp3) is 0.905. The van der Waals surface area contributed by atoms with Gasteiger partial charge in [0.15, 0.2) is 0 Å². The van der Waals surface area contributed by atoms with Crippen LogP contribution in [0.1, 0.15) is 39.5 Å². The predicted octanol–water partition coefficient (Wildman–Crippen LogP) is 1.49. The van der Waals surface area contributed by atoms with Crippen LogP contribution in [0.3, 0.4) is 0 Å². The fourth-order valence-electron chi connectivity index (χ4n) is 4.85. The van der Waals surface area contributed by atoms with E-state index in [1.165, 1.54) is 45.3 Å². The number of likely N-dealkylation sites (tertiary alicyclic amines) is 2. The summed E-state index contributed by atoms with van der Waals surface area (Å²) in [7, 11) is 0. The highest BCUT2D eigenvalue weighted by molar-refractivity contribution is 5.78. The molecular formula is C21H37N5O. The van der Waals surface area contributed by atoms with Crippen molar-refractivity contribution in [3.8, 4) is 6.07 Å². The average Bonchev–Trinajstić information content (AvgIpc) is 3.17. The minimum absolute atomic E-state index is 0.0307. The summed E-state index contributed by atoms with van der Waals surface area (Å²) in [6.45, 7) is 13.9. The second kappa shape index (κ2) is 9.86. The van der Waals surface area contributed by atoms with E-state index in [9.17, 15) is 10.1 Å². The molecule has 3 heterocycles. The Morgan fingerprint density at radius 2 is 1.59 bits per heavy atom. The second-order valence-corrected chi connectivity index (χ2v) is 8.96. The average molecular weight is 376 g/mol. The van der Waals surface area contributed by atoms with Gasteiger partial charge in [-0.25, -0.2) is 0 Å². The van der Waals surface area contributed by atoms with E-state index in [1.807, 2.05) is 4.90 Å². The zero-order valence-corrected chi connectivity index (χ0v) is 17.3. The molecule has 0 N–H and O–H groups in total. The molecule has 6 heteroatoms. The molecule has 1 amide bonds.